The second-order valence-corrected chi connectivity index (χ2v) is 7.47. The van der Waals surface area contributed by atoms with Gasteiger partial charge in [0.1, 0.15) is 22.3 Å². The molecule has 0 atom stereocenters. The summed E-state index contributed by atoms with van der Waals surface area (Å²) >= 11 is 1.06. The van der Waals surface area contributed by atoms with E-state index in [1.165, 1.54) is 12.3 Å². The largest absolute Gasteiger partial charge is 0.512 e. The number of halogens is 1. The highest BCUT2D eigenvalue weighted by Gasteiger charge is 2.41. The fourth-order valence-corrected chi connectivity index (χ4v) is 3.92. The van der Waals surface area contributed by atoms with Crippen molar-refractivity contribution in [1.82, 2.24) is 20.2 Å². The van der Waals surface area contributed by atoms with Crippen LogP contribution < -0.4 is 10.1 Å². The van der Waals surface area contributed by atoms with Gasteiger partial charge in [0.25, 0.3) is 0 Å². The Balaban J connectivity index is 1.44. The first-order chi connectivity index (χ1) is 13.6. The first-order valence-electron chi connectivity index (χ1n) is 8.61. The molecule has 144 valence electrons. The number of hydrogen-bond acceptors (Lipinski definition) is 8. The molecule has 1 saturated carbocycles. The van der Waals surface area contributed by atoms with Crippen LogP contribution in [-0.2, 0) is 5.41 Å². The Labute approximate surface area is 163 Å². The monoisotopic (exact) mass is 401 g/mol. The fraction of sp³-hybridized carbons (Fsp3) is 0.278. The van der Waals surface area contributed by atoms with Crippen LogP contribution in [0.3, 0.4) is 0 Å². The zero-order valence-electron chi connectivity index (χ0n) is 14.6. The molecule has 0 amide bonds. The van der Waals surface area contributed by atoms with E-state index in [9.17, 15) is 9.18 Å². The summed E-state index contributed by atoms with van der Waals surface area (Å²) in [6.45, 7) is 0.517. The number of pyridine rings is 1. The molecule has 0 aromatic carbocycles. The number of aromatic nitrogens is 4. The maximum atomic E-state index is 14.2. The average molecular weight is 401 g/mol. The van der Waals surface area contributed by atoms with Gasteiger partial charge in [-0.15, -0.1) is 10.2 Å². The number of carbonyl (C=O) groups is 1. The summed E-state index contributed by atoms with van der Waals surface area (Å²) in [6.07, 6.45) is 4.31. The van der Waals surface area contributed by atoms with Gasteiger partial charge in [0, 0.05) is 18.2 Å². The smallest absolute Gasteiger partial charge is 0.449 e. The van der Waals surface area contributed by atoms with Crippen LogP contribution in [-0.4, -0.2) is 38.0 Å². The van der Waals surface area contributed by atoms with Gasteiger partial charge in [-0.25, -0.2) is 14.2 Å². The number of ether oxygens (including phenoxy) is 1. The molecule has 28 heavy (non-hydrogen) atoms. The maximum absolute atomic E-state index is 14.2. The molecule has 1 aliphatic rings. The van der Waals surface area contributed by atoms with E-state index >= 15 is 0 Å². The van der Waals surface area contributed by atoms with Gasteiger partial charge >= 0.3 is 6.16 Å². The molecule has 1 aliphatic carbocycles. The van der Waals surface area contributed by atoms with Gasteiger partial charge in [-0.2, -0.15) is 0 Å². The van der Waals surface area contributed by atoms with E-state index in [1.54, 1.807) is 24.4 Å². The number of nitrogens with zero attached hydrogens (tertiary/aromatic N) is 4. The van der Waals surface area contributed by atoms with Crippen molar-refractivity contribution in [2.45, 2.75) is 24.7 Å². The lowest BCUT2D eigenvalue weighted by molar-refractivity contribution is 0.146. The molecule has 3 aromatic heterocycles. The summed E-state index contributed by atoms with van der Waals surface area (Å²) in [7, 11) is 0. The minimum Gasteiger partial charge on any atom is -0.449 e. The number of anilines is 1. The number of hydrogen-bond donors (Lipinski definition) is 2. The van der Waals surface area contributed by atoms with Gasteiger partial charge < -0.3 is 15.2 Å². The molecule has 0 spiro atoms. The average Bonchev–Trinajstić information content (AvgIpc) is 3.10. The summed E-state index contributed by atoms with van der Waals surface area (Å²) < 4.78 is 18.7. The molecule has 0 unspecified atom stereocenters. The zero-order valence-corrected chi connectivity index (χ0v) is 15.4. The Morgan fingerprint density at radius 2 is 2.14 bits per heavy atom. The normalized spacial score (nSPS) is 14.9. The summed E-state index contributed by atoms with van der Waals surface area (Å²) in [4.78, 5) is 18.9. The number of thiazole rings is 1. The molecule has 1 fully saturated rings. The van der Waals surface area contributed by atoms with Gasteiger partial charge in [-0.3, -0.25) is 4.98 Å². The minimum absolute atomic E-state index is 0.163. The Hall–Kier alpha value is -3.14. The van der Waals surface area contributed by atoms with Crippen LogP contribution in [0.4, 0.5) is 15.0 Å². The predicted molar refractivity (Wildman–Crippen MR) is 100 cm³/mol. The van der Waals surface area contributed by atoms with E-state index in [0.29, 0.717) is 28.8 Å². The van der Waals surface area contributed by atoms with Crippen molar-refractivity contribution in [2.24, 2.45) is 0 Å². The van der Waals surface area contributed by atoms with Crippen molar-refractivity contribution < 1.29 is 19.0 Å². The third-order valence-corrected chi connectivity index (χ3v) is 5.63. The summed E-state index contributed by atoms with van der Waals surface area (Å²) in [5.41, 5.74) is 0.668. The lowest BCUT2D eigenvalue weighted by atomic mass is 9.66. The van der Waals surface area contributed by atoms with Crippen LogP contribution in [0.1, 0.15) is 25.0 Å². The standard InChI is InChI=1S/C18H16FN5O3S/c19-11-3-1-8-20-15(11)18(6-2-7-18)10-22-13-5-4-12(23-24-13)16-21-9-14(28-16)27-17(25)26/h1,3-5,8-9H,2,6-7,10H2,(H,22,24)(H,25,26). The first-order valence-corrected chi connectivity index (χ1v) is 9.43. The Bertz CT molecular complexity index is 991. The molecule has 3 heterocycles. The van der Waals surface area contributed by atoms with Crippen LogP contribution in [0.15, 0.2) is 36.7 Å². The van der Waals surface area contributed by atoms with E-state index in [1.807, 2.05) is 0 Å². The van der Waals surface area contributed by atoms with Crippen molar-refractivity contribution in [3.05, 3.63) is 48.2 Å². The molecular formula is C18H16FN5O3S. The highest BCUT2D eigenvalue weighted by Crippen LogP contribution is 2.43. The molecule has 0 saturated heterocycles. The Morgan fingerprint density at radius 3 is 2.79 bits per heavy atom. The third-order valence-electron chi connectivity index (χ3n) is 4.74. The van der Waals surface area contributed by atoms with Gasteiger partial charge in [0.15, 0.2) is 0 Å². The lowest BCUT2D eigenvalue weighted by Gasteiger charge is -2.41. The topological polar surface area (TPSA) is 110 Å². The molecule has 2 N–H and O–H groups in total. The van der Waals surface area contributed by atoms with Crippen molar-refractivity contribution in [2.75, 3.05) is 11.9 Å². The molecule has 3 aromatic rings. The van der Waals surface area contributed by atoms with E-state index < -0.39 is 6.16 Å². The maximum Gasteiger partial charge on any atom is 0.512 e. The summed E-state index contributed by atoms with van der Waals surface area (Å²) in [6, 6.07) is 6.51. The number of carboxylic acid groups (broad SMARTS) is 1. The highest BCUT2D eigenvalue weighted by molar-refractivity contribution is 7.16. The number of rotatable bonds is 6. The van der Waals surface area contributed by atoms with Crippen LogP contribution >= 0.6 is 11.3 Å². The molecule has 0 aliphatic heterocycles. The minimum atomic E-state index is -1.39. The SMILES string of the molecule is O=C(O)Oc1cnc(-c2ccc(NCC3(c4ncccc4F)CCC3)nn2)s1. The van der Waals surface area contributed by atoms with Gasteiger partial charge in [0.2, 0.25) is 5.06 Å². The van der Waals surface area contributed by atoms with E-state index in [2.05, 4.69) is 30.2 Å². The second kappa shape index (κ2) is 7.47. The number of nitrogens with one attached hydrogen (secondary N) is 1. The summed E-state index contributed by atoms with van der Waals surface area (Å²) in [5.74, 6) is 0.276. The molecular weight excluding hydrogens is 385 g/mol. The van der Waals surface area contributed by atoms with Crippen LogP contribution in [0, 0.1) is 5.82 Å². The Morgan fingerprint density at radius 1 is 1.29 bits per heavy atom. The lowest BCUT2D eigenvalue weighted by Crippen LogP contribution is -2.42. The second-order valence-electron chi connectivity index (χ2n) is 6.48. The van der Waals surface area contributed by atoms with E-state index in [-0.39, 0.29) is 16.3 Å². The van der Waals surface area contributed by atoms with Gasteiger partial charge in [-0.05, 0) is 37.1 Å². The van der Waals surface area contributed by atoms with Crippen molar-refractivity contribution in [3.8, 4) is 15.8 Å². The van der Waals surface area contributed by atoms with Crippen molar-refractivity contribution in [3.63, 3.8) is 0 Å². The molecule has 0 radical (unpaired) electrons. The fourth-order valence-electron chi connectivity index (χ4n) is 3.19. The highest BCUT2D eigenvalue weighted by atomic mass is 32.1. The van der Waals surface area contributed by atoms with Crippen molar-refractivity contribution >= 4 is 23.3 Å². The first kappa shape index (κ1) is 18.2. The molecule has 4 rings (SSSR count). The van der Waals surface area contributed by atoms with Crippen LogP contribution in [0.25, 0.3) is 10.7 Å². The zero-order chi connectivity index (χ0) is 19.6. The van der Waals surface area contributed by atoms with Crippen LogP contribution in [0.5, 0.6) is 5.06 Å². The van der Waals surface area contributed by atoms with E-state index in [4.69, 9.17) is 5.11 Å². The van der Waals surface area contributed by atoms with Crippen molar-refractivity contribution in [1.29, 1.82) is 0 Å². The molecule has 8 nitrogen and oxygen atoms in total. The quantitative estimate of drug-likeness (QED) is 0.601. The predicted octanol–water partition coefficient (Wildman–Crippen LogP) is 3.72. The third kappa shape index (κ3) is 3.63. The molecule has 0 bridgehead atoms. The molecule has 10 heteroatoms. The van der Waals surface area contributed by atoms with E-state index in [0.717, 1.165) is 30.6 Å². The Kier molecular flexibility index (Phi) is 4.86. The van der Waals surface area contributed by atoms with Crippen LogP contribution in [0.2, 0.25) is 0 Å². The van der Waals surface area contributed by atoms with Gasteiger partial charge in [-0.1, -0.05) is 17.8 Å². The summed E-state index contributed by atoms with van der Waals surface area (Å²) in [5, 5.41) is 20.8. The van der Waals surface area contributed by atoms with Gasteiger partial charge in [0.05, 0.1) is 11.9 Å².